The molecule has 1 unspecified atom stereocenters. The van der Waals surface area contributed by atoms with Gasteiger partial charge in [-0.1, -0.05) is 46.6 Å². The lowest BCUT2D eigenvalue weighted by atomic mass is 9.83. The van der Waals surface area contributed by atoms with Crippen molar-refractivity contribution in [3.8, 4) is 11.3 Å². The minimum atomic E-state index is -4.41. The Kier molecular flexibility index (Phi) is 12.1. The van der Waals surface area contributed by atoms with Crippen molar-refractivity contribution in [1.29, 1.82) is 0 Å². The second-order valence-electron chi connectivity index (χ2n) is 13.5. The maximum absolute atomic E-state index is 14.2. The largest absolute Gasteiger partial charge is 0.467 e. The van der Waals surface area contributed by atoms with Crippen molar-refractivity contribution in [3.63, 3.8) is 0 Å². The maximum atomic E-state index is 14.2. The third-order valence-corrected chi connectivity index (χ3v) is 8.81. The van der Waals surface area contributed by atoms with E-state index in [1.54, 1.807) is 12.3 Å². The van der Waals surface area contributed by atoms with Crippen LogP contribution in [0.3, 0.4) is 0 Å². The molecule has 1 saturated heterocycles. The van der Waals surface area contributed by atoms with Crippen LogP contribution >= 0.6 is 0 Å². The van der Waals surface area contributed by atoms with Gasteiger partial charge in [0.1, 0.15) is 6.54 Å². The summed E-state index contributed by atoms with van der Waals surface area (Å²) in [5.74, 6) is 0.343. The highest BCUT2D eigenvalue weighted by molar-refractivity contribution is 5.93. The smallest absolute Gasteiger partial charge is 0.406 e. The molecule has 1 aliphatic rings. The van der Waals surface area contributed by atoms with Crippen LogP contribution in [0.25, 0.3) is 22.2 Å². The molecule has 1 atom stereocenters. The average molecular weight is 630 g/mol. The van der Waals surface area contributed by atoms with E-state index in [1.165, 1.54) is 23.8 Å². The fourth-order valence-corrected chi connectivity index (χ4v) is 6.73. The summed E-state index contributed by atoms with van der Waals surface area (Å²) in [5.41, 5.74) is 10.2. The maximum Gasteiger partial charge on any atom is 0.406 e. The van der Waals surface area contributed by atoms with Gasteiger partial charge in [-0.15, -0.1) is 0 Å². The molecule has 7 nitrogen and oxygen atoms in total. The molecule has 1 fully saturated rings. The second-order valence-corrected chi connectivity index (χ2v) is 13.5. The van der Waals surface area contributed by atoms with E-state index in [-0.39, 0.29) is 12.5 Å². The Balaban J connectivity index is 1.72. The van der Waals surface area contributed by atoms with Crippen LogP contribution in [0.4, 0.5) is 13.2 Å². The molecule has 0 saturated carbocycles. The summed E-state index contributed by atoms with van der Waals surface area (Å²) in [6.07, 6.45) is 3.47. The van der Waals surface area contributed by atoms with Gasteiger partial charge in [-0.3, -0.25) is 20.6 Å². The number of carbonyl (C=O) groups excluding carboxylic acids is 1. The number of alkyl halides is 3. The fourth-order valence-electron chi connectivity index (χ4n) is 6.73. The van der Waals surface area contributed by atoms with E-state index in [0.717, 1.165) is 61.2 Å². The third-order valence-electron chi connectivity index (χ3n) is 8.81. The number of halogens is 3. The van der Waals surface area contributed by atoms with Gasteiger partial charge >= 0.3 is 6.18 Å². The van der Waals surface area contributed by atoms with Crippen molar-refractivity contribution >= 4 is 17.4 Å². The van der Waals surface area contributed by atoms with Gasteiger partial charge in [0.15, 0.2) is 0 Å². The minimum absolute atomic E-state index is 0.0165. The number of carbonyl (C=O) groups is 1. The number of ether oxygens (including phenoxy) is 1. The van der Waals surface area contributed by atoms with Crippen molar-refractivity contribution < 1.29 is 22.7 Å². The highest BCUT2D eigenvalue weighted by atomic mass is 19.4. The number of hydrogen-bond acceptors (Lipinski definition) is 6. The standard InChI is InChI=1S/C35H50F3N5O2/c1-25(2)32-28(11-10-15-40-32)33-30(20-34(3,4)23-45-24-44)29-19-26(12-13-31(29)43(33)22-35(36,37)38)27-14-18-42(21-27)17-9-7-6-8-16-41-39-5/h10-13,15,19,24-25,27,39,41H,6-9,14,16-18,20-23H2,1-5H3. The topological polar surface area (TPSA) is 71.4 Å². The number of rotatable bonds is 17. The van der Waals surface area contributed by atoms with Crippen LogP contribution in [0.1, 0.15) is 88.5 Å². The molecule has 0 radical (unpaired) electrons. The molecule has 1 aromatic carbocycles. The first-order chi connectivity index (χ1) is 21.4. The summed E-state index contributed by atoms with van der Waals surface area (Å²) in [6, 6.07) is 9.71. The van der Waals surface area contributed by atoms with Gasteiger partial charge in [0, 0.05) is 41.2 Å². The summed E-state index contributed by atoms with van der Waals surface area (Å²) >= 11 is 0. The summed E-state index contributed by atoms with van der Waals surface area (Å²) in [7, 11) is 1.88. The van der Waals surface area contributed by atoms with Crippen LogP contribution in [0.5, 0.6) is 0 Å². The van der Waals surface area contributed by atoms with Gasteiger partial charge in [-0.05, 0) is 93.0 Å². The van der Waals surface area contributed by atoms with Crippen LogP contribution in [-0.2, 0) is 22.5 Å². The average Bonchev–Trinajstić information content (AvgIpc) is 3.57. The molecule has 0 aliphatic carbocycles. The van der Waals surface area contributed by atoms with Gasteiger partial charge in [0.2, 0.25) is 0 Å². The number of nitrogens with one attached hydrogen (secondary N) is 2. The summed E-state index contributed by atoms with van der Waals surface area (Å²) in [6.45, 7) is 11.5. The van der Waals surface area contributed by atoms with Crippen molar-refractivity contribution in [2.24, 2.45) is 5.41 Å². The molecule has 10 heteroatoms. The van der Waals surface area contributed by atoms with Crippen molar-refractivity contribution in [3.05, 3.63) is 53.3 Å². The normalized spacial score (nSPS) is 16.2. The third kappa shape index (κ3) is 9.30. The number of benzene rings is 1. The Hall–Kier alpha value is -2.95. The SMILES string of the molecule is CNNCCCCCCN1CCC(c2ccc3c(c2)c(CC(C)(C)COC=O)c(-c2cccnc2C(C)C)n3CC(F)(F)F)C1. The zero-order chi connectivity index (χ0) is 32.6. The first kappa shape index (κ1) is 34.9. The zero-order valence-electron chi connectivity index (χ0n) is 27.5. The Morgan fingerprint density at radius 1 is 1.13 bits per heavy atom. The predicted molar refractivity (Wildman–Crippen MR) is 174 cm³/mol. The molecule has 1 aliphatic heterocycles. The molecule has 0 amide bonds. The van der Waals surface area contributed by atoms with Crippen LogP contribution < -0.4 is 10.9 Å². The van der Waals surface area contributed by atoms with Crippen molar-refractivity contribution in [1.82, 2.24) is 25.3 Å². The van der Waals surface area contributed by atoms with Gasteiger partial charge < -0.3 is 14.2 Å². The number of aromatic nitrogens is 2. The van der Waals surface area contributed by atoms with Gasteiger partial charge in [-0.25, -0.2) is 0 Å². The highest BCUT2D eigenvalue weighted by Gasteiger charge is 2.34. The van der Waals surface area contributed by atoms with Gasteiger partial charge in [0.25, 0.3) is 6.47 Å². The number of hydrogen-bond donors (Lipinski definition) is 2. The molecule has 2 aromatic heterocycles. The van der Waals surface area contributed by atoms with E-state index in [9.17, 15) is 18.0 Å². The van der Waals surface area contributed by atoms with Crippen molar-refractivity contribution in [2.75, 3.05) is 39.8 Å². The molecular weight excluding hydrogens is 579 g/mol. The number of nitrogens with zero attached hydrogens (tertiary/aromatic N) is 3. The molecular formula is C35H50F3N5O2. The van der Waals surface area contributed by atoms with E-state index in [2.05, 4.69) is 26.8 Å². The Morgan fingerprint density at radius 2 is 1.91 bits per heavy atom. The Bertz CT molecular complexity index is 1400. The predicted octanol–water partition coefficient (Wildman–Crippen LogP) is 7.20. The van der Waals surface area contributed by atoms with Crippen LogP contribution in [0.2, 0.25) is 0 Å². The molecule has 45 heavy (non-hydrogen) atoms. The number of hydrazine groups is 1. The Labute approximate surface area is 265 Å². The van der Waals surface area contributed by atoms with Crippen molar-refractivity contribution in [2.45, 2.75) is 90.8 Å². The minimum Gasteiger partial charge on any atom is -0.467 e. The molecule has 4 rings (SSSR count). The lowest BCUT2D eigenvalue weighted by Gasteiger charge is -2.25. The molecule has 0 bridgehead atoms. The highest BCUT2D eigenvalue weighted by Crippen LogP contribution is 2.43. The molecule has 3 aromatic rings. The fraction of sp³-hybridized carbons (Fsp3) is 0.600. The number of fused-ring (bicyclic) bond motifs is 1. The lowest BCUT2D eigenvalue weighted by Crippen LogP contribution is -2.28. The zero-order valence-corrected chi connectivity index (χ0v) is 27.5. The monoisotopic (exact) mass is 629 g/mol. The molecule has 2 N–H and O–H groups in total. The summed E-state index contributed by atoms with van der Waals surface area (Å²) < 4.78 is 49.2. The lowest BCUT2D eigenvalue weighted by molar-refractivity contribution is -0.139. The first-order valence-electron chi connectivity index (χ1n) is 16.3. The summed E-state index contributed by atoms with van der Waals surface area (Å²) in [4.78, 5) is 18.2. The van der Waals surface area contributed by atoms with Crippen LogP contribution in [0.15, 0.2) is 36.5 Å². The van der Waals surface area contributed by atoms with Gasteiger partial charge in [0.05, 0.1) is 18.0 Å². The summed E-state index contributed by atoms with van der Waals surface area (Å²) in [5, 5.41) is 0.832. The van der Waals surface area contributed by atoms with E-state index < -0.39 is 18.1 Å². The van der Waals surface area contributed by atoms with Gasteiger partial charge in [-0.2, -0.15) is 13.2 Å². The quantitative estimate of drug-likeness (QED) is 0.0935. The first-order valence-corrected chi connectivity index (χ1v) is 16.3. The van der Waals surface area contributed by atoms with Crippen LogP contribution in [0, 0.1) is 5.41 Å². The number of pyridine rings is 1. The molecule has 248 valence electrons. The van der Waals surface area contributed by atoms with E-state index in [0.29, 0.717) is 35.6 Å². The van der Waals surface area contributed by atoms with E-state index in [1.807, 2.05) is 52.9 Å². The number of likely N-dealkylation sites (tertiary alicyclic amines) is 1. The van der Waals surface area contributed by atoms with E-state index in [4.69, 9.17) is 4.74 Å². The van der Waals surface area contributed by atoms with Crippen LogP contribution in [-0.4, -0.2) is 66.9 Å². The van der Waals surface area contributed by atoms with E-state index >= 15 is 0 Å². The molecule has 3 heterocycles. The molecule has 0 spiro atoms. The Morgan fingerprint density at radius 3 is 2.62 bits per heavy atom. The number of unbranched alkanes of at least 4 members (excludes halogenated alkanes) is 3. The second kappa shape index (κ2) is 15.6.